The second-order valence-corrected chi connectivity index (χ2v) is 7.14. The number of thiophene rings is 1. The Balaban J connectivity index is 2.29. The number of aliphatic carboxylic acids is 1. The van der Waals surface area contributed by atoms with Gasteiger partial charge in [-0.15, -0.1) is 11.3 Å². The second kappa shape index (κ2) is 6.33. The number of benzene rings is 1. The van der Waals surface area contributed by atoms with E-state index in [0.29, 0.717) is 5.56 Å². The van der Waals surface area contributed by atoms with E-state index in [-0.39, 0.29) is 4.21 Å². The minimum absolute atomic E-state index is 0.0972. The Bertz CT molecular complexity index is 711. The molecule has 2 aromatic rings. The molecule has 2 rings (SSSR count). The fourth-order valence-corrected chi connectivity index (χ4v) is 3.99. The first kappa shape index (κ1) is 15.6. The maximum Gasteiger partial charge on any atom is 0.305 e. The predicted molar refractivity (Wildman–Crippen MR) is 76.0 cm³/mol. The first-order chi connectivity index (χ1) is 9.88. The van der Waals surface area contributed by atoms with E-state index in [1.807, 2.05) is 0 Å². The molecule has 1 aromatic carbocycles. The van der Waals surface area contributed by atoms with Gasteiger partial charge >= 0.3 is 5.97 Å². The van der Waals surface area contributed by atoms with E-state index in [1.165, 1.54) is 18.2 Å². The van der Waals surface area contributed by atoms with Gasteiger partial charge in [0, 0.05) is 0 Å². The number of rotatable bonds is 6. The molecule has 8 heteroatoms. The summed E-state index contributed by atoms with van der Waals surface area (Å²) in [6, 6.07) is 7.08. The summed E-state index contributed by atoms with van der Waals surface area (Å²) < 4.78 is 39.7. The first-order valence-corrected chi connectivity index (χ1v) is 8.28. The molecule has 0 aliphatic carbocycles. The van der Waals surface area contributed by atoms with Crippen LogP contribution in [0.1, 0.15) is 18.0 Å². The van der Waals surface area contributed by atoms with Crippen LogP contribution in [0.25, 0.3) is 0 Å². The van der Waals surface area contributed by atoms with Gasteiger partial charge in [0.15, 0.2) is 0 Å². The van der Waals surface area contributed by atoms with E-state index in [9.17, 15) is 17.6 Å². The molecule has 0 fully saturated rings. The SMILES string of the molecule is O=C(O)C[C@H](NS(=O)(=O)c1cccs1)c1ccc(F)cc1. The molecule has 0 unspecified atom stereocenters. The lowest BCUT2D eigenvalue weighted by atomic mass is 10.1. The van der Waals surface area contributed by atoms with Crippen LogP contribution in [0.3, 0.4) is 0 Å². The molecule has 0 aliphatic rings. The lowest BCUT2D eigenvalue weighted by Crippen LogP contribution is -2.29. The van der Waals surface area contributed by atoms with Crippen LogP contribution in [-0.4, -0.2) is 19.5 Å². The number of hydrogen-bond donors (Lipinski definition) is 2. The van der Waals surface area contributed by atoms with Crippen molar-refractivity contribution < 1.29 is 22.7 Å². The van der Waals surface area contributed by atoms with Crippen LogP contribution in [0.15, 0.2) is 46.0 Å². The average Bonchev–Trinajstić information content (AvgIpc) is 2.92. The molecule has 0 amide bonds. The summed E-state index contributed by atoms with van der Waals surface area (Å²) in [6.07, 6.45) is -0.434. The fourth-order valence-electron chi connectivity index (χ4n) is 1.76. The highest BCUT2D eigenvalue weighted by atomic mass is 32.2. The summed E-state index contributed by atoms with van der Waals surface area (Å²) in [5, 5.41) is 10.5. The molecule has 0 spiro atoms. The van der Waals surface area contributed by atoms with Crippen molar-refractivity contribution in [3.8, 4) is 0 Å². The predicted octanol–water partition coefficient (Wildman–Crippen LogP) is 2.38. The van der Waals surface area contributed by atoms with Crippen molar-refractivity contribution in [1.82, 2.24) is 4.72 Å². The minimum atomic E-state index is -3.81. The van der Waals surface area contributed by atoms with Gasteiger partial charge in [0.2, 0.25) is 0 Å². The number of halogens is 1. The number of nitrogens with one attached hydrogen (secondary N) is 1. The normalized spacial score (nSPS) is 13.0. The van der Waals surface area contributed by atoms with Crippen molar-refractivity contribution in [2.24, 2.45) is 0 Å². The Hall–Kier alpha value is -1.77. The van der Waals surface area contributed by atoms with Crippen LogP contribution in [0.2, 0.25) is 0 Å². The monoisotopic (exact) mass is 329 g/mol. The van der Waals surface area contributed by atoms with Gasteiger partial charge < -0.3 is 5.11 Å². The molecule has 0 bridgehead atoms. The van der Waals surface area contributed by atoms with E-state index in [0.717, 1.165) is 23.5 Å². The van der Waals surface area contributed by atoms with Crippen molar-refractivity contribution in [1.29, 1.82) is 0 Å². The molecule has 0 saturated carbocycles. The minimum Gasteiger partial charge on any atom is -0.481 e. The Morgan fingerprint density at radius 3 is 2.48 bits per heavy atom. The molecule has 2 N–H and O–H groups in total. The highest BCUT2D eigenvalue weighted by molar-refractivity contribution is 7.91. The Kier molecular flexibility index (Phi) is 4.71. The number of carboxylic acid groups (broad SMARTS) is 1. The molecule has 0 radical (unpaired) electrons. The van der Waals surface area contributed by atoms with E-state index < -0.39 is 34.3 Å². The molecule has 21 heavy (non-hydrogen) atoms. The van der Waals surface area contributed by atoms with Crippen LogP contribution < -0.4 is 4.72 Å². The lowest BCUT2D eigenvalue weighted by molar-refractivity contribution is -0.137. The quantitative estimate of drug-likeness (QED) is 0.852. The summed E-state index contributed by atoms with van der Waals surface area (Å²) in [5.41, 5.74) is 0.388. The van der Waals surface area contributed by atoms with Crippen LogP contribution in [0.5, 0.6) is 0 Å². The van der Waals surface area contributed by atoms with Gasteiger partial charge in [-0.2, -0.15) is 0 Å². The highest BCUT2D eigenvalue weighted by Crippen LogP contribution is 2.23. The zero-order valence-electron chi connectivity index (χ0n) is 10.7. The highest BCUT2D eigenvalue weighted by Gasteiger charge is 2.24. The van der Waals surface area contributed by atoms with Crippen molar-refractivity contribution in [2.45, 2.75) is 16.7 Å². The summed E-state index contributed by atoms with van der Waals surface area (Å²) in [7, 11) is -3.81. The molecule has 0 saturated heterocycles. The third kappa shape index (κ3) is 4.10. The number of carbonyl (C=O) groups is 1. The Morgan fingerprint density at radius 1 is 1.29 bits per heavy atom. The molecular formula is C13H12FNO4S2. The fraction of sp³-hybridized carbons (Fsp3) is 0.154. The summed E-state index contributed by atoms with van der Waals surface area (Å²) in [5.74, 6) is -1.63. The Morgan fingerprint density at radius 2 is 1.95 bits per heavy atom. The number of sulfonamides is 1. The van der Waals surface area contributed by atoms with E-state index in [1.54, 1.807) is 11.4 Å². The summed E-state index contributed by atoms with van der Waals surface area (Å²) in [4.78, 5) is 10.9. The molecule has 5 nitrogen and oxygen atoms in total. The van der Waals surface area contributed by atoms with Crippen LogP contribution in [0, 0.1) is 5.82 Å². The van der Waals surface area contributed by atoms with E-state index in [2.05, 4.69) is 4.72 Å². The molecule has 1 aromatic heterocycles. The van der Waals surface area contributed by atoms with Gasteiger partial charge in [0.1, 0.15) is 10.0 Å². The summed E-state index contributed by atoms with van der Waals surface area (Å²) >= 11 is 1.03. The van der Waals surface area contributed by atoms with Crippen LogP contribution in [-0.2, 0) is 14.8 Å². The zero-order chi connectivity index (χ0) is 15.5. The third-order valence-corrected chi connectivity index (χ3v) is 5.58. The van der Waals surface area contributed by atoms with Crippen molar-refractivity contribution in [3.05, 3.63) is 53.2 Å². The zero-order valence-corrected chi connectivity index (χ0v) is 12.3. The topological polar surface area (TPSA) is 83.5 Å². The molecule has 0 aliphatic heterocycles. The Labute approximate surface area is 125 Å². The van der Waals surface area contributed by atoms with E-state index >= 15 is 0 Å². The van der Waals surface area contributed by atoms with Gasteiger partial charge in [-0.3, -0.25) is 4.79 Å². The number of carboxylic acids is 1. The molecule has 1 heterocycles. The second-order valence-electron chi connectivity index (χ2n) is 4.26. The van der Waals surface area contributed by atoms with Crippen molar-refractivity contribution in [3.63, 3.8) is 0 Å². The van der Waals surface area contributed by atoms with Gasteiger partial charge in [-0.05, 0) is 29.1 Å². The van der Waals surface area contributed by atoms with E-state index in [4.69, 9.17) is 5.11 Å². The van der Waals surface area contributed by atoms with Crippen LogP contribution in [0.4, 0.5) is 4.39 Å². The number of hydrogen-bond acceptors (Lipinski definition) is 4. The van der Waals surface area contributed by atoms with Crippen molar-refractivity contribution >= 4 is 27.3 Å². The van der Waals surface area contributed by atoms with Crippen molar-refractivity contribution in [2.75, 3.05) is 0 Å². The smallest absolute Gasteiger partial charge is 0.305 e. The van der Waals surface area contributed by atoms with Gasteiger partial charge in [-0.1, -0.05) is 18.2 Å². The molecular weight excluding hydrogens is 317 g/mol. The summed E-state index contributed by atoms with van der Waals surface area (Å²) in [6.45, 7) is 0. The van der Waals surface area contributed by atoms with Crippen LogP contribution >= 0.6 is 11.3 Å². The average molecular weight is 329 g/mol. The third-order valence-electron chi connectivity index (χ3n) is 2.71. The van der Waals surface area contributed by atoms with Gasteiger partial charge in [0.05, 0.1) is 12.5 Å². The van der Waals surface area contributed by atoms with Gasteiger partial charge in [0.25, 0.3) is 10.0 Å². The maximum absolute atomic E-state index is 12.9. The molecule has 1 atom stereocenters. The maximum atomic E-state index is 12.9. The standard InChI is InChI=1S/C13H12FNO4S2/c14-10-5-3-9(4-6-10)11(8-12(16)17)15-21(18,19)13-2-1-7-20-13/h1-7,11,15H,8H2,(H,16,17)/t11-/m0/s1. The largest absolute Gasteiger partial charge is 0.481 e. The van der Waals surface area contributed by atoms with Gasteiger partial charge in [-0.25, -0.2) is 17.5 Å². The first-order valence-electron chi connectivity index (χ1n) is 5.91. The lowest BCUT2D eigenvalue weighted by Gasteiger charge is -2.17. The molecule has 112 valence electrons.